The molecule has 1 amide bonds. The number of nitrogens with zero attached hydrogens (tertiary/aromatic N) is 1. The number of amides is 1. The fourth-order valence-electron chi connectivity index (χ4n) is 5.98. The molecule has 0 aliphatic heterocycles. The average Bonchev–Trinajstić information content (AvgIpc) is 2.70. The SMILES string of the molecule is C[C@H]1c2cc(Br)cc(O)c2C(=O)C2C(=O)[C@]3(O)C(=O)C(C(N)=O)C(=O)[C@@H](N(C)C)[C@@H]3[C@@H](O)[C@@H]21. The number of benzene rings is 1. The number of carbonyl (C=O) groups is 5. The van der Waals surface area contributed by atoms with E-state index < -0.39 is 82.1 Å². The van der Waals surface area contributed by atoms with Gasteiger partial charge in [-0.1, -0.05) is 22.9 Å². The molecule has 10 nitrogen and oxygen atoms in total. The van der Waals surface area contributed by atoms with Crippen molar-refractivity contribution in [3.05, 3.63) is 27.7 Å². The lowest BCUT2D eigenvalue weighted by Crippen LogP contribution is -2.77. The number of likely N-dealkylation sites (N-methyl/N-ethyl adjacent to an activating group) is 1. The van der Waals surface area contributed by atoms with Crippen LogP contribution in [0.5, 0.6) is 5.75 Å². The molecule has 3 aliphatic rings. The molecule has 2 unspecified atom stereocenters. The van der Waals surface area contributed by atoms with Crippen LogP contribution in [0.3, 0.4) is 0 Å². The number of aliphatic hydroxyl groups excluding tert-OH is 1. The number of aliphatic hydroxyl groups is 2. The number of hydrogen-bond acceptors (Lipinski definition) is 9. The molecule has 176 valence electrons. The summed E-state index contributed by atoms with van der Waals surface area (Å²) in [6.45, 7) is 1.65. The van der Waals surface area contributed by atoms with Crippen molar-refractivity contribution in [1.29, 1.82) is 0 Å². The molecule has 0 spiro atoms. The molecule has 1 aromatic carbocycles. The molecular formula is C22H23BrN2O8. The topological polar surface area (TPSA) is 175 Å². The molecular weight excluding hydrogens is 500 g/mol. The molecule has 0 saturated heterocycles. The van der Waals surface area contributed by atoms with Crippen LogP contribution in [0.2, 0.25) is 0 Å². The largest absolute Gasteiger partial charge is 0.507 e. The minimum Gasteiger partial charge on any atom is -0.507 e. The summed E-state index contributed by atoms with van der Waals surface area (Å²) in [5, 5.41) is 33.3. The van der Waals surface area contributed by atoms with Crippen molar-refractivity contribution in [3.63, 3.8) is 0 Å². The van der Waals surface area contributed by atoms with E-state index in [-0.39, 0.29) is 5.56 Å². The standard InChI is InChI=1S/C22H23BrN2O8/c1-6-8-4-7(23)5-9(26)11(8)16(27)12-10(6)17(28)14-15(25(2)3)18(29)13(21(24)32)20(31)22(14,33)19(12)30/h4-6,10,12-15,17,26,28,33H,1-3H3,(H2,24,32)/t6-,10+,12?,13?,14+,15-,17-,22-/m0/s1. The lowest BCUT2D eigenvalue weighted by Gasteiger charge is -2.56. The van der Waals surface area contributed by atoms with Gasteiger partial charge in [0.15, 0.2) is 34.7 Å². The van der Waals surface area contributed by atoms with E-state index in [4.69, 9.17) is 5.73 Å². The van der Waals surface area contributed by atoms with Crippen LogP contribution in [0.4, 0.5) is 0 Å². The zero-order chi connectivity index (χ0) is 24.7. The summed E-state index contributed by atoms with van der Waals surface area (Å²) in [7, 11) is 2.89. The lowest BCUT2D eigenvalue weighted by molar-refractivity contribution is -0.196. The van der Waals surface area contributed by atoms with Gasteiger partial charge in [0, 0.05) is 10.4 Å². The van der Waals surface area contributed by atoms with Gasteiger partial charge in [0.05, 0.1) is 29.5 Å². The number of halogens is 1. The fraction of sp³-hybridized carbons (Fsp3) is 0.500. The molecule has 2 saturated carbocycles. The molecule has 0 radical (unpaired) electrons. The second-order valence-corrected chi connectivity index (χ2v) is 10.2. The van der Waals surface area contributed by atoms with Gasteiger partial charge in [-0.05, 0) is 37.7 Å². The molecule has 0 aromatic heterocycles. The van der Waals surface area contributed by atoms with Crippen LogP contribution < -0.4 is 5.73 Å². The summed E-state index contributed by atoms with van der Waals surface area (Å²) in [5.41, 5.74) is 2.53. The first-order valence-corrected chi connectivity index (χ1v) is 11.1. The second kappa shape index (κ2) is 7.52. The number of primary amides is 1. The van der Waals surface area contributed by atoms with Crippen molar-refractivity contribution >= 4 is 45.0 Å². The van der Waals surface area contributed by atoms with E-state index in [1.165, 1.54) is 25.1 Å². The van der Waals surface area contributed by atoms with E-state index in [1.807, 2.05) is 0 Å². The highest BCUT2D eigenvalue weighted by molar-refractivity contribution is 9.10. The number of fused-ring (bicyclic) bond motifs is 3. The molecule has 1 aromatic rings. The maximum Gasteiger partial charge on any atom is 0.235 e. The van der Waals surface area contributed by atoms with E-state index in [1.54, 1.807) is 13.0 Å². The van der Waals surface area contributed by atoms with E-state index in [0.717, 1.165) is 0 Å². The molecule has 33 heavy (non-hydrogen) atoms. The van der Waals surface area contributed by atoms with E-state index in [9.17, 15) is 39.3 Å². The van der Waals surface area contributed by atoms with Crippen molar-refractivity contribution in [1.82, 2.24) is 4.90 Å². The van der Waals surface area contributed by atoms with E-state index in [0.29, 0.717) is 10.0 Å². The smallest absolute Gasteiger partial charge is 0.235 e. The van der Waals surface area contributed by atoms with Crippen LogP contribution in [0.15, 0.2) is 16.6 Å². The van der Waals surface area contributed by atoms with Crippen molar-refractivity contribution in [2.45, 2.75) is 30.6 Å². The van der Waals surface area contributed by atoms with Crippen LogP contribution in [-0.2, 0) is 19.2 Å². The molecule has 0 bridgehead atoms. The Hall–Kier alpha value is -2.47. The van der Waals surface area contributed by atoms with Gasteiger partial charge in [0.25, 0.3) is 0 Å². The third kappa shape index (κ3) is 2.92. The number of nitrogens with two attached hydrogens (primary N) is 1. The predicted octanol–water partition coefficient (Wildman–Crippen LogP) is -0.839. The van der Waals surface area contributed by atoms with Gasteiger partial charge < -0.3 is 21.1 Å². The van der Waals surface area contributed by atoms with E-state index >= 15 is 0 Å². The predicted molar refractivity (Wildman–Crippen MR) is 115 cm³/mol. The van der Waals surface area contributed by atoms with Gasteiger partial charge in [-0.2, -0.15) is 0 Å². The number of hydrogen-bond donors (Lipinski definition) is 4. The Balaban J connectivity index is 1.97. The summed E-state index contributed by atoms with van der Waals surface area (Å²) in [4.78, 5) is 66.6. The molecule has 8 atom stereocenters. The third-order valence-electron chi connectivity index (χ3n) is 7.39. The highest BCUT2D eigenvalue weighted by atomic mass is 79.9. The van der Waals surface area contributed by atoms with Gasteiger partial charge in [-0.15, -0.1) is 0 Å². The quantitative estimate of drug-likeness (QED) is 0.360. The molecule has 5 N–H and O–H groups in total. The third-order valence-corrected chi connectivity index (χ3v) is 7.85. The minimum absolute atomic E-state index is 0.135. The van der Waals surface area contributed by atoms with Crippen LogP contribution in [0, 0.1) is 23.7 Å². The number of carbonyl (C=O) groups excluding carboxylic acids is 5. The summed E-state index contributed by atoms with van der Waals surface area (Å²) in [6, 6.07) is 1.49. The first-order valence-electron chi connectivity index (χ1n) is 10.3. The van der Waals surface area contributed by atoms with Gasteiger partial charge in [-0.3, -0.25) is 28.9 Å². The van der Waals surface area contributed by atoms with Crippen molar-refractivity contribution in [2.75, 3.05) is 14.1 Å². The molecule has 4 rings (SSSR count). The number of phenols is 1. The number of rotatable bonds is 2. The number of Topliss-reactive ketones (excluding diaryl/α,β-unsaturated/α-hetero) is 4. The van der Waals surface area contributed by atoms with Gasteiger partial charge >= 0.3 is 0 Å². The first kappa shape index (κ1) is 23.7. The van der Waals surface area contributed by atoms with E-state index in [2.05, 4.69) is 15.9 Å². The van der Waals surface area contributed by atoms with Gasteiger partial charge in [0.2, 0.25) is 5.91 Å². The van der Waals surface area contributed by atoms with Crippen molar-refractivity contribution in [2.24, 2.45) is 29.4 Å². The van der Waals surface area contributed by atoms with Gasteiger partial charge in [0.1, 0.15) is 5.75 Å². The van der Waals surface area contributed by atoms with Crippen molar-refractivity contribution in [3.8, 4) is 5.75 Å². The molecule has 3 aliphatic carbocycles. The van der Waals surface area contributed by atoms with Crippen LogP contribution in [0.1, 0.15) is 28.8 Å². The van der Waals surface area contributed by atoms with Crippen LogP contribution in [-0.4, -0.2) is 81.1 Å². The lowest BCUT2D eigenvalue weighted by atomic mass is 9.49. The zero-order valence-corrected chi connectivity index (χ0v) is 19.6. The Kier molecular flexibility index (Phi) is 5.40. The van der Waals surface area contributed by atoms with Crippen molar-refractivity contribution < 1.29 is 39.3 Å². The summed E-state index contributed by atoms with van der Waals surface area (Å²) in [5.74, 6) is -13.2. The Labute approximate surface area is 196 Å². The number of ketones is 4. The highest BCUT2D eigenvalue weighted by Crippen LogP contribution is 2.54. The monoisotopic (exact) mass is 522 g/mol. The number of aromatic hydroxyl groups is 1. The maximum absolute atomic E-state index is 13.7. The van der Waals surface area contributed by atoms with Gasteiger partial charge in [-0.25, -0.2) is 0 Å². The number of phenolic OH excluding ortho intramolecular Hbond substituents is 1. The molecule has 2 fully saturated rings. The van der Waals surface area contributed by atoms with Crippen LogP contribution >= 0.6 is 15.9 Å². The first-order chi connectivity index (χ1) is 15.3. The second-order valence-electron chi connectivity index (χ2n) is 9.25. The Morgan fingerprint density at radius 1 is 1.15 bits per heavy atom. The summed E-state index contributed by atoms with van der Waals surface area (Å²) in [6.07, 6.45) is -1.64. The summed E-state index contributed by atoms with van der Waals surface area (Å²) < 4.78 is 0.475. The summed E-state index contributed by atoms with van der Waals surface area (Å²) >= 11 is 3.25. The Bertz CT molecular complexity index is 1130. The fourth-order valence-corrected chi connectivity index (χ4v) is 6.45. The zero-order valence-electron chi connectivity index (χ0n) is 18.0. The maximum atomic E-state index is 13.7. The van der Waals surface area contributed by atoms with Crippen LogP contribution in [0.25, 0.3) is 0 Å². The molecule has 11 heteroatoms. The normalized spacial score (nSPS) is 38.1. The Morgan fingerprint density at radius 2 is 1.76 bits per heavy atom. The average molecular weight is 523 g/mol. The highest BCUT2D eigenvalue weighted by Gasteiger charge is 2.72. The molecule has 0 heterocycles. The Morgan fingerprint density at radius 3 is 2.30 bits per heavy atom. The minimum atomic E-state index is -2.99.